The number of carbonyl (C=O) groups is 3. The van der Waals surface area contributed by atoms with E-state index in [4.69, 9.17) is 0 Å². The van der Waals surface area contributed by atoms with E-state index in [-0.39, 0.29) is 29.8 Å². The summed E-state index contributed by atoms with van der Waals surface area (Å²) in [6.45, 7) is 6.17. The summed E-state index contributed by atoms with van der Waals surface area (Å²) in [6.07, 6.45) is -4.80. The van der Waals surface area contributed by atoms with Gasteiger partial charge in [0.1, 0.15) is 5.75 Å². The highest BCUT2D eigenvalue weighted by Crippen LogP contribution is 2.34. The van der Waals surface area contributed by atoms with Crippen molar-refractivity contribution in [3.05, 3.63) is 83.4 Å². The Morgan fingerprint density at radius 2 is 1.64 bits per heavy atom. The van der Waals surface area contributed by atoms with Gasteiger partial charge in [0.05, 0.1) is 11.4 Å². The third-order valence-corrected chi connectivity index (χ3v) is 6.94. The van der Waals surface area contributed by atoms with Crippen LogP contribution in [-0.2, 0) is 11.3 Å². The number of nitrogens with zero attached hydrogens (tertiary/aromatic N) is 2. The topological polar surface area (TPSA) is 112 Å². The van der Waals surface area contributed by atoms with Crippen molar-refractivity contribution < 1.29 is 32.3 Å². The van der Waals surface area contributed by atoms with E-state index in [9.17, 15) is 27.6 Å². The second kappa shape index (κ2) is 13.0. The van der Waals surface area contributed by atoms with Crippen molar-refractivity contribution in [1.29, 1.82) is 0 Å². The lowest BCUT2D eigenvalue weighted by molar-refractivity contribution is -0.274. The quantitative estimate of drug-likeness (QED) is 0.271. The van der Waals surface area contributed by atoms with Crippen molar-refractivity contribution >= 4 is 52.0 Å². The zero-order valence-corrected chi connectivity index (χ0v) is 23.7. The molecule has 1 fully saturated rings. The molecule has 0 saturated carbocycles. The molecule has 9 nitrogen and oxygen atoms in total. The third-order valence-electron chi connectivity index (χ3n) is 6.02. The van der Waals surface area contributed by atoms with Gasteiger partial charge >= 0.3 is 18.4 Å². The SMILES string of the molecule is Cc1ccc(C(C)C)c(N2C(=O)CSC2=NC(=O)Nc2ccc(CNC(=O)Nc3ccc(OC(F)(F)F)cc3)cc2)c1. The molecule has 0 aromatic heterocycles. The van der Waals surface area contributed by atoms with Gasteiger partial charge in [0.25, 0.3) is 0 Å². The summed E-state index contributed by atoms with van der Waals surface area (Å²) in [6, 6.07) is 16.1. The molecule has 0 radical (unpaired) electrons. The predicted octanol–water partition coefficient (Wildman–Crippen LogP) is 7.01. The molecular weight excluding hydrogens is 571 g/mol. The molecule has 1 saturated heterocycles. The van der Waals surface area contributed by atoms with Gasteiger partial charge in [-0.1, -0.05) is 49.9 Å². The lowest BCUT2D eigenvalue weighted by Gasteiger charge is -2.22. The van der Waals surface area contributed by atoms with Crippen LogP contribution in [0.2, 0.25) is 0 Å². The summed E-state index contributed by atoms with van der Waals surface area (Å²) in [4.78, 5) is 43.3. The summed E-state index contributed by atoms with van der Waals surface area (Å²) in [5.74, 6) is -0.190. The minimum absolute atomic E-state index is 0.146. The number of carbonyl (C=O) groups excluding carboxylic acids is 3. The van der Waals surface area contributed by atoms with E-state index in [1.165, 1.54) is 28.8 Å². The lowest BCUT2D eigenvalue weighted by Crippen LogP contribution is -2.31. The largest absolute Gasteiger partial charge is 0.573 e. The first-order chi connectivity index (χ1) is 19.9. The Morgan fingerprint density at radius 1 is 1.00 bits per heavy atom. The fourth-order valence-corrected chi connectivity index (χ4v) is 4.92. The van der Waals surface area contributed by atoms with Gasteiger partial charge in [-0.2, -0.15) is 4.99 Å². The van der Waals surface area contributed by atoms with Crippen LogP contribution in [0.3, 0.4) is 0 Å². The van der Waals surface area contributed by atoms with Gasteiger partial charge in [0.2, 0.25) is 5.91 Å². The Morgan fingerprint density at radius 3 is 2.29 bits per heavy atom. The Labute approximate surface area is 244 Å². The van der Waals surface area contributed by atoms with Crippen LogP contribution in [0, 0.1) is 6.92 Å². The number of hydrogen-bond acceptors (Lipinski definition) is 5. The lowest BCUT2D eigenvalue weighted by atomic mass is 9.99. The minimum Gasteiger partial charge on any atom is -0.406 e. The van der Waals surface area contributed by atoms with E-state index in [2.05, 4.69) is 25.7 Å². The smallest absolute Gasteiger partial charge is 0.406 e. The summed E-state index contributed by atoms with van der Waals surface area (Å²) in [7, 11) is 0. The number of amidine groups is 1. The molecule has 1 aliphatic rings. The van der Waals surface area contributed by atoms with Gasteiger partial charge < -0.3 is 20.7 Å². The summed E-state index contributed by atoms with van der Waals surface area (Å²) in [5.41, 5.74) is 4.18. The number of thioether (sulfide) groups is 1. The maximum Gasteiger partial charge on any atom is 0.573 e. The molecule has 0 atom stereocenters. The number of halogens is 3. The molecule has 0 spiro atoms. The zero-order valence-electron chi connectivity index (χ0n) is 22.9. The summed E-state index contributed by atoms with van der Waals surface area (Å²) < 4.78 is 40.6. The number of alkyl halides is 3. The third kappa shape index (κ3) is 8.26. The molecule has 1 aliphatic heterocycles. The van der Waals surface area contributed by atoms with Crippen LogP contribution in [0.1, 0.15) is 36.5 Å². The average Bonchev–Trinajstić information content (AvgIpc) is 3.27. The van der Waals surface area contributed by atoms with Crippen LogP contribution < -0.4 is 25.6 Å². The molecular formula is C29H28F3N5O4S. The van der Waals surface area contributed by atoms with Crippen molar-refractivity contribution in [2.75, 3.05) is 21.3 Å². The minimum atomic E-state index is -4.80. The fraction of sp³-hybridized carbons (Fsp3) is 0.241. The number of rotatable bonds is 7. The highest BCUT2D eigenvalue weighted by Gasteiger charge is 2.33. The first kappa shape index (κ1) is 30.4. The van der Waals surface area contributed by atoms with Crippen LogP contribution in [0.5, 0.6) is 5.75 Å². The number of aliphatic imine (C=N–C) groups is 1. The van der Waals surface area contributed by atoms with Gasteiger partial charge in [-0.3, -0.25) is 9.69 Å². The van der Waals surface area contributed by atoms with Crippen molar-refractivity contribution in [1.82, 2.24) is 5.32 Å². The summed E-state index contributed by atoms with van der Waals surface area (Å²) in [5, 5.41) is 8.15. The number of anilines is 3. The van der Waals surface area contributed by atoms with Crippen molar-refractivity contribution in [3.8, 4) is 5.75 Å². The van der Waals surface area contributed by atoms with E-state index in [1.54, 1.807) is 24.3 Å². The molecule has 0 bridgehead atoms. The van der Waals surface area contributed by atoms with Crippen LogP contribution in [0.25, 0.3) is 0 Å². The van der Waals surface area contributed by atoms with Crippen molar-refractivity contribution in [3.63, 3.8) is 0 Å². The van der Waals surface area contributed by atoms with Crippen molar-refractivity contribution in [2.45, 2.75) is 39.6 Å². The van der Waals surface area contributed by atoms with Gasteiger partial charge in [-0.05, 0) is 72.0 Å². The predicted molar refractivity (Wildman–Crippen MR) is 157 cm³/mol. The number of benzene rings is 3. The maximum absolute atomic E-state index is 12.7. The Hall–Kier alpha value is -4.52. The molecule has 4 rings (SSSR count). The number of nitrogens with one attached hydrogen (secondary N) is 3. The molecule has 13 heteroatoms. The summed E-state index contributed by atoms with van der Waals surface area (Å²) >= 11 is 1.20. The van der Waals surface area contributed by atoms with E-state index >= 15 is 0 Å². The van der Waals surface area contributed by atoms with Crippen molar-refractivity contribution in [2.24, 2.45) is 4.99 Å². The normalized spacial score (nSPS) is 14.3. The van der Waals surface area contributed by atoms with Crippen LogP contribution in [0.4, 0.5) is 39.8 Å². The zero-order chi connectivity index (χ0) is 30.4. The Kier molecular flexibility index (Phi) is 9.41. The molecule has 42 heavy (non-hydrogen) atoms. The monoisotopic (exact) mass is 599 g/mol. The Bertz CT molecular complexity index is 1490. The number of urea groups is 2. The van der Waals surface area contributed by atoms with E-state index in [1.807, 2.05) is 39.0 Å². The molecule has 0 unspecified atom stereocenters. The van der Waals surface area contributed by atoms with Gasteiger partial charge in [-0.15, -0.1) is 13.2 Å². The molecule has 5 amide bonds. The molecule has 220 valence electrons. The molecule has 3 aromatic carbocycles. The van der Waals surface area contributed by atoms with Crippen LogP contribution in [0.15, 0.2) is 71.7 Å². The number of amides is 5. The first-order valence-corrected chi connectivity index (χ1v) is 13.8. The maximum atomic E-state index is 12.7. The molecule has 0 aliphatic carbocycles. The van der Waals surface area contributed by atoms with Crippen LogP contribution >= 0.6 is 11.8 Å². The second-order valence-corrected chi connectivity index (χ2v) is 10.6. The molecule has 1 heterocycles. The van der Waals surface area contributed by atoms with E-state index in [0.29, 0.717) is 10.9 Å². The highest BCUT2D eigenvalue weighted by molar-refractivity contribution is 8.15. The number of hydrogen-bond donors (Lipinski definition) is 3. The van der Waals surface area contributed by atoms with E-state index in [0.717, 1.165) is 34.5 Å². The van der Waals surface area contributed by atoms with E-state index < -0.39 is 24.2 Å². The molecule has 3 aromatic rings. The molecule has 3 N–H and O–H groups in total. The highest BCUT2D eigenvalue weighted by atomic mass is 32.2. The number of aryl methyl sites for hydroxylation is 1. The standard InChI is InChI=1S/C29H28F3N5O4S/c1-17(2)23-13-4-18(3)14-24(23)37-25(38)16-42-28(37)36-27(40)35-20-7-5-19(6-8-20)15-33-26(39)34-21-9-11-22(12-10-21)41-29(30,31)32/h4-14,17H,15-16H2,1-3H3,(H,35,40)(H2,33,34,39). The Balaban J connectivity index is 1.32. The second-order valence-electron chi connectivity index (χ2n) is 9.64. The average molecular weight is 600 g/mol. The van der Waals surface area contributed by atoms with Gasteiger partial charge in [0.15, 0.2) is 5.17 Å². The number of ether oxygens (including phenoxy) is 1. The van der Waals surface area contributed by atoms with Crippen LogP contribution in [-0.4, -0.2) is 35.3 Å². The fourth-order valence-electron chi connectivity index (χ4n) is 4.06. The van der Waals surface area contributed by atoms with Gasteiger partial charge in [0, 0.05) is 17.9 Å². The van der Waals surface area contributed by atoms with Gasteiger partial charge in [-0.25, -0.2) is 9.59 Å². The first-order valence-electron chi connectivity index (χ1n) is 12.8.